The molecular formula is C40H26N2O. The van der Waals surface area contributed by atoms with Gasteiger partial charge in [0.2, 0.25) is 0 Å². The van der Waals surface area contributed by atoms with E-state index < -0.39 is 0 Å². The Kier molecular flexibility index (Phi) is 5.11. The fraction of sp³-hybridized carbons (Fsp3) is 0.0250. The number of fused-ring (bicyclic) bond motifs is 4. The van der Waals surface area contributed by atoms with Crippen LogP contribution in [0.15, 0.2) is 140 Å². The molecule has 43 heavy (non-hydrogen) atoms. The molecule has 1 aliphatic heterocycles. The van der Waals surface area contributed by atoms with Gasteiger partial charge in [-0.05, 0) is 80.4 Å². The molecule has 1 aliphatic rings. The minimum Gasteiger partial charge on any atom is -0.456 e. The molecule has 0 amide bonds. The largest absolute Gasteiger partial charge is 0.456 e. The maximum atomic E-state index is 6.32. The molecule has 3 nitrogen and oxygen atoms in total. The van der Waals surface area contributed by atoms with Crippen LogP contribution in [0.1, 0.15) is 0 Å². The van der Waals surface area contributed by atoms with E-state index in [1.807, 2.05) is 18.2 Å². The van der Waals surface area contributed by atoms with Crippen LogP contribution in [0.25, 0.3) is 77.3 Å². The van der Waals surface area contributed by atoms with Crippen LogP contribution < -0.4 is 4.74 Å². The highest BCUT2D eigenvalue weighted by atomic mass is 16.5. The van der Waals surface area contributed by atoms with E-state index in [1.54, 1.807) is 0 Å². The van der Waals surface area contributed by atoms with Crippen LogP contribution in [0, 0.1) is 0 Å². The number of hydrogen-bond donors (Lipinski definition) is 0. The zero-order chi connectivity index (χ0) is 28.5. The number of nitrogens with zero attached hydrogens (tertiary/aromatic N) is 2. The molecule has 0 radical (unpaired) electrons. The Labute approximate surface area is 249 Å². The van der Waals surface area contributed by atoms with Crippen molar-refractivity contribution in [2.75, 3.05) is 0 Å². The SMILES string of the molecule is Cn1c(-c2ccccc2)nc2cc(-c3ccc4cc(-c5ccc6c7c(cccc57)-c5ccccc5O6)ccc4c3)ccc21. The first-order chi connectivity index (χ1) is 21.2. The van der Waals surface area contributed by atoms with Gasteiger partial charge in [0.15, 0.2) is 0 Å². The van der Waals surface area contributed by atoms with Crippen LogP contribution in [0.3, 0.4) is 0 Å². The van der Waals surface area contributed by atoms with Gasteiger partial charge in [0.05, 0.1) is 11.0 Å². The summed E-state index contributed by atoms with van der Waals surface area (Å²) in [5.41, 5.74) is 10.4. The highest BCUT2D eigenvalue weighted by Gasteiger charge is 2.21. The molecule has 0 unspecified atom stereocenters. The van der Waals surface area contributed by atoms with Gasteiger partial charge in [-0.25, -0.2) is 4.98 Å². The van der Waals surface area contributed by atoms with Crippen molar-refractivity contribution in [1.82, 2.24) is 9.55 Å². The summed E-state index contributed by atoms with van der Waals surface area (Å²) in [6.07, 6.45) is 0. The van der Waals surface area contributed by atoms with Crippen molar-refractivity contribution >= 4 is 32.6 Å². The average Bonchev–Trinajstić information content (AvgIpc) is 3.40. The summed E-state index contributed by atoms with van der Waals surface area (Å²) in [7, 11) is 2.08. The molecule has 0 aliphatic carbocycles. The van der Waals surface area contributed by atoms with Crippen molar-refractivity contribution in [2.24, 2.45) is 7.05 Å². The molecule has 0 N–H and O–H groups in total. The number of aromatic nitrogens is 2. The van der Waals surface area contributed by atoms with Gasteiger partial charge in [-0.2, -0.15) is 0 Å². The normalized spacial score (nSPS) is 12.0. The molecule has 202 valence electrons. The summed E-state index contributed by atoms with van der Waals surface area (Å²) in [4.78, 5) is 4.99. The quantitative estimate of drug-likeness (QED) is 0.219. The Morgan fingerprint density at radius 2 is 1.23 bits per heavy atom. The van der Waals surface area contributed by atoms with Gasteiger partial charge in [-0.3, -0.25) is 0 Å². The highest BCUT2D eigenvalue weighted by Crippen LogP contribution is 2.48. The second-order valence-electron chi connectivity index (χ2n) is 11.3. The number of hydrogen-bond acceptors (Lipinski definition) is 2. The third kappa shape index (κ3) is 3.72. The summed E-state index contributed by atoms with van der Waals surface area (Å²) in [5.74, 6) is 2.81. The molecule has 8 aromatic rings. The van der Waals surface area contributed by atoms with Gasteiger partial charge in [0.25, 0.3) is 0 Å². The van der Waals surface area contributed by atoms with Crippen LogP contribution in [-0.2, 0) is 7.05 Å². The van der Waals surface area contributed by atoms with Crippen molar-refractivity contribution in [3.63, 3.8) is 0 Å². The van der Waals surface area contributed by atoms with E-state index >= 15 is 0 Å². The zero-order valence-corrected chi connectivity index (χ0v) is 23.6. The summed E-state index contributed by atoms with van der Waals surface area (Å²) in [6, 6.07) is 49.6. The Hall–Kier alpha value is -5.67. The maximum Gasteiger partial charge on any atom is 0.140 e. The number of aryl methyl sites for hydroxylation is 1. The van der Waals surface area contributed by atoms with Gasteiger partial charge in [-0.15, -0.1) is 0 Å². The number of imidazole rings is 1. The van der Waals surface area contributed by atoms with Gasteiger partial charge < -0.3 is 9.30 Å². The summed E-state index contributed by atoms with van der Waals surface area (Å²) >= 11 is 0. The first-order valence-electron chi connectivity index (χ1n) is 14.6. The molecular weight excluding hydrogens is 524 g/mol. The summed E-state index contributed by atoms with van der Waals surface area (Å²) < 4.78 is 8.49. The lowest BCUT2D eigenvalue weighted by Gasteiger charge is -2.22. The second kappa shape index (κ2) is 9.17. The van der Waals surface area contributed by atoms with Gasteiger partial charge in [0.1, 0.15) is 17.3 Å². The van der Waals surface area contributed by atoms with E-state index in [1.165, 1.54) is 49.4 Å². The number of para-hydroxylation sites is 1. The van der Waals surface area contributed by atoms with E-state index in [4.69, 9.17) is 9.72 Å². The number of rotatable bonds is 3. The molecule has 9 rings (SSSR count). The Bertz CT molecular complexity index is 2380. The Balaban J connectivity index is 1.11. The molecule has 1 aromatic heterocycles. The van der Waals surface area contributed by atoms with Crippen molar-refractivity contribution < 1.29 is 4.74 Å². The smallest absolute Gasteiger partial charge is 0.140 e. The molecule has 2 heterocycles. The molecule has 0 bridgehead atoms. The molecule has 0 fully saturated rings. The van der Waals surface area contributed by atoms with E-state index in [0.717, 1.165) is 39.5 Å². The molecule has 0 saturated heterocycles. The standard InChI is InChI=1S/C40H26N2O/c1-42-36-20-18-29(24-35(36)41-40(42)25-8-3-2-4-9-25)27-14-15-28-23-30(17-16-26(28)22-27)31-19-21-38-39-33(31)11-7-12-34(39)32-10-5-6-13-37(32)43-38/h2-24H,1H3. The van der Waals surface area contributed by atoms with Crippen LogP contribution in [0.5, 0.6) is 11.5 Å². The van der Waals surface area contributed by atoms with Crippen LogP contribution >= 0.6 is 0 Å². The predicted octanol–water partition coefficient (Wildman–Crippen LogP) is 10.7. The summed E-state index contributed by atoms with van der Waals surface area (Å²) in [5, 5.41) is 4.81. The molecule has 0 spiro atoms. The number of ether oxygens (including phenoxy) is 1. The first-order valence-corrected chi connectivity index (χ1v) is 14.6. The number of benzene rings is 7. The fourth-order valence-electron chi connectivity index (χ4n) is 6.65. The van der Waals surface area contributed by atoms with E-state index in [-0.39, 0.29) is 0 Å². The molecule has 0 atom stereocenters. The maximum absolute atomic E-state index is 6.32. The topological polar surface area (TPSA) is 27.1 Å². The van der Waals surface area contributed by atoms with Gasteiger partial charge in [0, 0.05) is 23.6 Å². The second-order valence-corrected chi connectivity index (χ2v) is 11.3. The Morgan fingerprint density at radius 1 is 0.512 bits per heavy atom. The third-order valence-electron chi connectivity index (χ3n) is 8.80. The third-order valence-corrected chi connectivity index (χ3v) is 8.80. The minimum absolute atomic E-state index is 0.913. The van der Waals surface area contributed by atoms with Gasteiger partial charge in [-0.1, -0.05) is 103 Å². The van der Waals surface area contributed by atoms with Gasteiger partial charge >= 0.3 is 0 Å². The lowest BCUT2D eigenvalue weighted by Crippen LogP contribution is -1.97. The van der Waals surface area contributed by atoms with E-state index in [2.05, 4.69) is 133 Å². The lowest BCUT2D eigenvalue weighted by molar-refractivity contribution is 0.487. The molecule has 0 saturated carbocycles. The molecule has 3 heteroatoms. The predicted molar refractivity (Wildman–Crippen MR) is 178 cm³/mol. The van der Waals surface area contributed by atoms with Crippen molar-refractivity contribution in [2.45, 2.75) is 0 Å². The average molecular weight is 551 g/mol. The monoisotopic (exact) mass is 550 g/mol. The van der Waals surface area contributed by atoms with Crippen molar-refractivity contribution in [3.05, 3.63) is 140 Å². The van der Waals surface area contributed by atoms with E-state index in [0.29, 0.717) is 0 Å². The van der Waals surface area contributed by atoms with Crippen LogP contribution in [0.4, 0.5) is 0 Å². The van der Waals surface area contributed by atoms with Crippen molar-refractivity contribution in [1.29, 1.82) is 0 Å². The minimum atomic E-state index is 0.913. The van der Waals surface area contributed by atoms with Crippen LogP contribution in [0.2, 0.25) is 0 Å². The fourth-order valence-corrected chi connectivity index (χ4v) is 6.65. The van der Waals surface area contributed by atoms with Crippen molar-refractivity contribution in [3.8, 4) is 56.3 Å². The Morgan fingerprint density at radius 3 is 2.12 bits per heavy atom. The molecule has 7 aromatic carbocycles. The highest BCUT2D eigenvalue weighted by molar-refractivity contribution is 6.10. The zero-order valence-electron chi connectivity index (χ0n) is 23.6. The van der Waals surface area contributed by atoms with E-state index in [9.17, 15) is 0 Å². The summed E-state index contributed by atoms with van der Waals surface area (Å²) in [6.45, 7) is 0. The lowest BCUT2D eigenvalue weighted by atomic mass is 9.90. The first kappa shape index (κ1) is 24.0. The van der Waals surface area contributed by atoms with Crippen LogP contribution in [-0.4, -0.2) is 9.55 Å².